The number of aromatic nitrogens is 4. The summed E-state index contributed by atoms with van der Waals surface area (Å²) in [6.45, 7) is 4.29. The third-order valence-corrected chi connectivity index (χ3v) is 7.46. The van der Waals surface area contributed by atoms with Crippen molar-refractivity contribution in [3.63, 3.8) is 0 Å². The second-order valence-electron chi connectivity index (χ2n) is 9.68. The first-order valence-electron chi connectivity index (χ1n) is 13.3. The normalized spacial score (nSPS) is 11.2. The van der Waals surface area contributed by atoms with Gasteiger partial charge < -0.3 is 20.3 Å². The number of fused-ring (bicyclic) bond motifs is 1. The highest BCUT2D eigenvalue weighted by Gasteiger charge is 2.22. The third kappa shape index (κ3) is 7.64. The van der Waals surface area contributed by atoms with Crippen LogP contribution in [0.4, 0.5) is 10.6 Å². The number of hydrogen-bond acceptors (Lipinski definition) is 8. The minimum Gasteiger partial charge on any atom is -0.410 e. The number of hydrogen-bond donors (Lipinski definition) is 2. The number of nitrogens with zero attached hydrogens (tertiary/aromatic N) is 5. The van der Waals surface area contributed by atoms with Gasteiger partial charge in [0.15, 0.2) is 11.5 Å². The first-order valence-corrected chi connectivity index (χ1v) is 15.0. The predicted molar refractivity (Wildman–Crippen MR) is 162 cm³/mol. The van der Waals surface area contributed by atoms with Crippen LogP contribution in [-0.2, 0) is 6.54 Å². The molecule has 1 aromatic carbocycles. The van der Waals surface area contributed by atoms with Crippen molar-refractivity contribution in [2.75, 3.05) is 32.5 Å². The summed E-state index contributed by atoms with van der Waals surface area (Å²) in [7, 11) is 3.98. The average molecular weight is 629 g/mol. The minimum absolute atomic E-state index is 0.280. The van der Waals surface area contributed by atoms with E-state index in [1.807, 2.05) is 30.9 Å². The number of benzene rings is 1. The van der Waals surface area contributed by atoms with Crippen LogP contribution in [0.3, 0.4) is 0 Å². The van der Waals surface area contributed by atoms with Crippen molar-refractivity contribution < 1.29 is 14.3 Å². The molecule has 40 heavy (non-hydrogen) atoms. The molecule has 3 aromatic heterocycles. The molecule has 3 heterocycles. The van der Waals surface area contributed by atoms with Gasteiger partial charge in [-0.3, -0.25) is 4.79 Å². The van der Waals surface area contributed by atoms with Crippen LogP contribution in [0.25, 0.3) is 22.2 Å². The summed E-state index contributed by atoms with van der Waals surface area (Å²) in [5.74, 6) is 0.584. The van der Waals surface area contributed by atoms with Crippen molar-refractivity contribution in [1.29, 1.82) is 0 Å². The van der Waals surface area contributed by atoms with Crippen LogP contribution in [0, 0.1) is 0 Å². The van der Waals surface area contributed by atoms with Gasteiger partial charge in [0.2, 0.25) is 0 Å². The standard InChI is InChI=1S/C28H34BrN7O3S/c1-4-5-6-7-15-36-26-24(25(34-36)33-27(37)20-16-32-40-18-20)23(22(29)17-31-26)19-9-11-21(12-10-19)39-28(38)30-13-8-14-35(2)3/h9-12,16-18H,4-8,13-15H2,1-3H3,(H,30,38)(H,33,34,37). The number of anilines is 1. The number of unbranched alkanes of at least 4 members (excludes halogenated alkanes) is 3. The molecule has 0 saturated carbocycles. The Balaban J connectivity index is 1.61. The molecular weight excluding hydrogens is 594 g/mol. The van der Waals surface area contributed by atoms with E-state index in [4.69, 9.17) is 9.84 Å². The van der Waals surface area contributed by atoms with Crippen LogP contribution < -0.4 is 15.4 Å². The highest BCUT2D eigenvalue weighted by molar-refractivity contribution is 9.10. The number of nitrogens with one attached hydrogen (secondary N) is 2. The van der Waals surface area contributed by atoms with Crippen molar-refractivity contribution in [2.45, 2.75) is 45.6 Å². The van der Waals surface area contributed by atoms with E-state index in [2.05, 4.69) is 47.7 Å². The Bertz CT molecular complexity index is 1420. The zero-order valence-electron chi connectivity index (χ0n) is 22.9. The molecule has 0 spiro atoms. The van der Waals surface area contributed by atoms with Crippen LogP contribution in [-0.4, -0.2) is 63.2 Å². The molecule has 0 atom stereocenters. The summed E-state index contributed by atoms with van der Waals surface area (Å²) >= 11 is 4.88. The Hall–Kier alpha value is -3.35. The maximum absolute atomic E-state index is 13.0. The van der Waals surface area contributed by atoms with Gasteiger partial charge in [-0.15, -0.1) is 0 Å². The number of halogens is 1. The summed E-state index contributed by atoms with van der Waals surface area (Å²) in [6, 6.07) is 7.25. The second-order valence-corrected chi connectivity index (χ2v) is 11.2. The SMILES string of the molecule is CCCCCCn1nc(NC(=O)c2cnsc2)c2c(-c3ccc(OC(=O)NCCCN(C)C)cc3)c(Br)cnc21. The molecule has 2 N–H and O–H groups in total. The Kier molecular flexibility index (Phi) is 10.6. The molecule has 4 rings (SSSR count). The highest BCUT2D eigenvalue weighted by atomic mass is 79.9. The summed E-state index contributed by atoms with van der Waals surface area (Å²) in [4.78, 5) is 31.9. The van der Waals surface area contributed by atoms with Crippen LogP contribution in [0.1, 0.15) is 49.4 Å². The van der Waals surface area contributed by atoms with Crippen molar-refractivity contribution in [2.24, 2.45) is 0 Å². The van der Waals surface area contributed by atoms with Gasteiger partial charge >= 0.3 is 6.09 Å². The number of aryl methyl sites for hydroxylation is 1. The van der Waals surface area contributed by atoms with E-state index < -0.39 is 6.09 Å². The molecule has 0 fully saturated rings. The van der Waals surface area contributed by atoms with Gasteiger partial charge in [-0.1, -0.05) is 38.3 Å². The molecule has 10 nitrogen and oxygen atoms in total. The molecule has 212 valence electrons. The van der Waals surface area contributed by atoms with E-state index in [0.29, 0.717) is 35.9 Å². The second kappa shape index (κ2) is 14.3. The smallest absolute Gasteiger partial charge is 0.410 e. The number of rotatable bonds is 13. The number of pyridine rings is 1. The maximum atomic E-state index is 13.0. The van der Waals surface area contributed by atoms with Gasteiger partial charge in [0, 0.05) is 34.7 Å². The molecule has 4 aromatic rings. The van der Waals surface area contributed by atoms with E-state index >= 15 is 0 Å². The average Bonchev–Trinajstić information content (AvgIpc) is 3.59. The number of carbonyl (C=O) groups excluding carboxylic acids is 2. The molecule has 0 unspecified atom stereocenters. The van der Waals surface area contributed by atoms with Gasteiger partial charge in [-0.05, 0) is 78.6 Å². The van der Waals surface area contributed by atoms with E-state index in [0.717, 1.165) is 59.6 Å². The zero-order chi connectivity index (χ0) is 28.5. The highest BCUT2D eigenvalue weighted by Crippen LogP contribution is 2.39. The molecule has 0 aliphatic heterocycles. The molecule has 0 saturated heterocycles. The van der Waals surface area contributed by atoms with E-state index in [-0.39, 0.29) is 5.91 Å². The summed E-state index contributed by atoms with van der Waals surface area (Å²) < 4.78 is 12.1. The zero-order valence-corrected chi connectivity index (χ0v) is 25.3. The first kappa shape index (κ1) is 29.6. The summed E-state index contributed by atoms with van der Waals surface area (Å²) in [6.07, 6.45) is 7.98. The molecule has 0 aliphatic carbocycles. The molecular formula is C28H34BrN7O3S. The van der Waals surface area contributed by atoms with Gasteiger partial charge in [0.1, 0.15) is 5.75 Å². The minimum atomic E-state index is -0.490. The van der Waals surface area contributed by atoms with Crippen molar-refractivity contribution in [3.8, 4) is 16.9 Å². The molecule has 12 heteroatoms. The van der Waals surface area contributed by atoms with E-state index in [9.17, 15) is 9.59 Å². The number of amides is 2. The Morgan fingerprint density at radius 2 is 1.90 bits per heavy atom. The summed E-state index contributed by atoms with van der Waals surface area (Å²) in [5, 5.41) is 12.9. The van der Waals surface area contributed by atoms with Crippen molar-refractivity contribution >= 4 is 56.3 Å². The van der Waals surface area contributed by atoms with Gasteiger partial charge in [0.25, 0.3) is 5.91 Å². The van der Waals surface area contributed by atoms with Crippen molar-refractivity contribution in [1.82, 2.24) is 29.4 Å². The molecule has 0 bridgehead atoms. The third-order valence-electron chi connectivity index (χ3n) is 6.27. The lowest BCUT2D eigenvalue weighted by molar-refractivity contribution is 0.102. The maximum Gasteiger partial charge on any atom is 0.412 e. The topological polar surface area (TPSA) is 114 Å². The van der Waals surface area contributed by atoms with Gasteiger partial charge in [0.05, 0.1) is 17.1 Å². The molecule has 0 aliphatic rings. The fourth-order valence-corrected chi connectivity index (χ4v) is 5.29. The van der Waals surface area contributed by atoms with E-state index in [1.165, 1.54) is 17.7 Å². The quantitative estimate of drug-likeness (QED) is 0.170. The summed E-state index contributed by atoms with van der Waals surface area (Å²) in [5.41, 5.74) is 2.85. The fraction of sp³-hybridized carbons (Fsp3) is 0.393. The lowest BCUT2D eigenvalue weighted by atomic mass is 10.0. The Labute approximate surface area is 246 Å². The van der Waals surface area contributed by atoms with E-state index in [1.54, 1.807) is 23.7 Å². The van der Waals surface area contributed by atoms with Crippen LogP contribution in [0.15, 0.2) is 46.5 Å². The van der Waals surface area contributed by atoms with Gasteiger partial charge in [-0.2, -0.15) is 5.10 Å². The number of carbonyl (C=O) groups is 2. The lowest BCUT2D eigenvalue weighted by Gasteiger charge is -2.11. The first-order chi connectivity index (χ1) is 19.4. The van der Waals surface area contributed by atoms with Gasteiger partial charge in [-0.25, -0.2) is 18.8 Å². The largest absolute Gasteiger partial charge is 0.412 e. The Morgan fingerprint density at radius 3 is 2.60 bits per heavy atom. The fourth-order valence-electron chi connectivity index (χ4n) is 4.25. The predicted octanol–water partition coefficient (Wildman–Crippen LogP) is 6.19. The monoisotopic (exact) mass is 627 g/mol. The van der Waals surface area contributed by atoms with Crippen LogP contribution in [0.5, 0.6) is 5.75 Å². The number of ether oxygens (including phenoxy) is 1. The lowest BCUT2D eigenvalue weighted by Crippen LogP contribution is -2.29. The molecule has 0 radical (unpaired) electrons. The van der Waals surface area contributed by atoms with Crippen LogP contribution >= 0.6 is 27.5 Å². The molecule has 2 amide bonds. The Morgan fingerprint density at radius 1 is 1.10 bits per heavy atom. The van der Waals surface area contributed by atoms with Crippen molar-refractivity contribution in [3.05, 3.63) is 52.1 Å². The van der Waals surface area contributed by atoms with Crippen LogP contribution in [0.2, 0.25) is 0 Å².